The molecule has 2 heterocycles. The number of benzene rings is 1. The number of nitrogens with one attached hydrogen (secondary N) is 1. The van der Waals surface area contributed by atoms with Crippen molar-refractivity contribution >= 4 is 0 Å². The van der Waals surface area contributed by atoms with E-state index in [9.17, 15) is 0 Å². The highest BCUT2D eigenvalue weighted by molar-refractivity contribution is 5.37. The molecular formula is C15H19N3O. The van der Waals surface area contributed by atoms with Gasteiger partial charge < -0.3 is 9.72 Å². The summed E-state index contributed by atoms with van der Waals surface area (Å²) >= 11 is 0. The van der Waals surface area contributed by atoms with Crippen molar-refractivity contribution in [1.29, 1.82) is 0 Å². The second kappa shape index (κ2) is 5.05. The Labute approximate surface area is 113 Å². The molecule has 4 heteroatoms. The van der Waals surface area contributed by atoms with Gasteiger partial charge >= 0.3 is 0 Å². The van der Waals surface area contributed by atoms with Crippen LogP contribution in [0, 0.1) is 6.92 Å². The van der Waals surface area contributed by atoms with Crippen molar-refractivity contribution in [2.24, 2.45) is 0 Å². The van der Waals surface area contributed by atoms with E-state index in [1.807, 2.05) is 25.3 Å². The number of aryl methyl sites for hydroxylation is 1. The van der Waals surface area contributed by atoms with Gasteiger partial charge in [0.25, 0.3) is 0 Å². The molecule has 1 aliphatic heterocycles. The second-order valence-corrected chi connectivity index (χ2v) is 5.26. The van der Waals surface area contributed by atoms with Crippen LogP contribution in [0.25, 0.3) is 0 Å². The third kappa shape index (κ3) is 2.79. The average Bonchev–Trinajstić information content (AvgIpc) is 2.94. The average molecular weight is 257 g/mol. The van der Waals surface area contributed by atoms with Crippen molar-refractivity contribution in [3.63, 3.8) is 0 Å². The summed E-state index contributed by atoms with van der Waals surface area (Å²) in [6.45, 7) is 3.76. The minimum atomic E-state index is 0.249. The summed E-state index contributed by atoms with van der Waals surface area (Å²) in [7, 11) is 2.10. The lowest BCUT2D eigenvalue weighted by molar-refractivity contribution is 0.163. The van der Waals surface area contributed by atoms with Gasteiger partial charge in [-0.2, -0.15) is 0 Å². The lowest BCUT2D eigenvalue weighted by Gasteiger charge is -2.19. The molecule has 1 N–H and O–H groups in total. The SMILES string of the molecule is Cc1cnc(CN(C)CC2Cc3ccccc3O2)[nH]1. The zero-order chi connectivity index (χ0) is 13.2. The third-order valence-corrected chi connectivity index (χ3v) is 3.40. The quantitative estimate of drug-likeness (QED) is 0.912. The fourth-order valence-electron chi connectivity index (χ4n) is 2.57. The second-order valence-electron chi connectivity index (χ2n) is 5.26. The number of nitrogens with zero attached hydrogens (tertiary/aromatic N) is 2. The molecule has 4 nitrogen and oxygen atoms in total. The summed E-state index contributed by atoms with van der Waals surface area (Å²) in [5.41, 5.74) is 2.42. The molecule has 1 aromatic heterocycles. The van der Waals surface area contributed by atoms with Crippen molar-refractivity contribution in [3.8, 4) is 5.75 Å². The normalized spacial score (nSPS) is 17.5. The van der Waals surface area contributed by atoms with Gasteiger partial charge in [-0.05, 0) is 25.6 Å². The van der Waals surface area contributed by atoms with E-state index < -0.39 is 0 Å². The van der Waals surface area contributed by atoms with Crippen molar-refractivity contribution in [3.05, 3.63) is 47.5 Å². The van der Waals surface area contributed by atoms with Crippen molar-refractivity contribution in [2.45, 2.75) is 26.0 Å². The van der Waals surface area contributed by atoms with E-state index in [-0.39, 0.29) is 6.10 Å². The molecule has 0 fully saturated rings. The first-order chi connectivity index (χ1) is 9.20. The molecule has 1 aromatic carbocycles. The van der Waals surface area contributed by atoms with Crippen LogP contribution in [0.4, 0.5) is 0 Å². The molecule has 0 saturated heterocycles. The number of aromatic nitrogens is 2. The van der Waals surface area contributed by atoms with Gasteiger partial charge in [0, 0.05) is 24.9 Å². The highest BCUT2D eigenvalue weighted by Crippen LogP contribution is 2.28. The molecular weight excluding hydrogens is 238 g/mol. The van der Waals surface area contributed by atoms with E-state index in [0.29, 0.717) is 0 Å². The lowest BCUT2D eigenvalue weighted by Crippen LogP contribution is -2.31. The Bertz CT molecular complexity index is 539. The monoisotopic (exact) mass is 257 g/mol. The molecule has 0 radical (unpaired) electrons. The first-order valence-electron chi connectivity index (χ1n) is 6.64. The summed E-state index contributed by atoms with van der Waals surface area (Å²) in [6.07, 6.45) is 3.11. The van der Waals surface area contributed by atoms with Gasteiger partial charge in [-0.1, -0.05) is 18.2 Å². The van der Waals surface area contributed by atoms with Crippen LogP contribution in [0.1, 0.15) is 17.1 Å². The maximum atomic E-state index is 5.95. The van der Waals surface area contributed by atoms with Gasteiger partial charge in [0.05, 0.1) is 6.54 Å². The number of para-hydroxylation sites is 1. The third-order valence-electron chi connectivity index (χ3n) is 3.40. The Hall–Kier alpha value is -1.81. The van der Waals surface area contributed by atoms with Gasteiger partial charge in [-0.3, -0.25) is 4.90 Å². The van der Waals surface area contributed by atoms with Crippen LogP contribution in [-0.2, 0) is 13.0 Å². The van der Waals surface area contributed by atoms with Crippen LogP contribution in [0.2, 0.25) is 0 Å². The van der Waals surface area contributed by atoms with E-state index in [0.717, 1.165) is 36.8 Å². The molecule has 0 amide bonds. The molecule has 1 unspecified atom stereocenters. The molecule has 19 heavy (non-hydrogen) atoms. The number of rotatable bonds is 4. The minimum Gasteiger partial charge on any atom is -0.488 e. The van der Waals surface area contributed by atoms with Gasteiger partial charge in [0.1, 0.15) is 17.7 Å². The largest absolute Gasteiger partial charge is 0.488 e. The number of H-pyrrole nitrogens is 1. The summed E-state index contributed by atoms with van der Waals surface area (Å²) in [6, 6.07) is 8.28. The summed E-state index contributed by atoms with van der Waals surface area (Å²) in [5, 5.41) is 0. The van der Waals surface area contributed by atoms with Crippen LogP contribution in [-0.4, -0.2) is 34.6 Å². The maximum absolute atomic E-state index is 5.95. The van der Waals surface area contributed by atoms with E-state index >= 15 is 0 Å². The molecule has 0 saturated carbocycles. The fraction of sp³-hybridized carbons (Fsp3) is 0.400. The smallest absolute Gasteiger partial charge is 0.123 e. The van der Waals surface area contributed by atoms with Gasteiger partial charge in [0.2, 0.25) is 0 Å². The summed E-state index contributed by atoms with van der Waals surface area (Å²) < 4.78 is 5.95. The van der Waals surface area contributed by atoms with Gasteiger partial charge in [0.15, 0.2) is 0 Å². The molecule has 1 aliphatic rings. The molecule has 0 aliphatic carbocycles. The first kappa shape index (κ1) is 12.2. The van der Waals surface area contributed by atoms with E-state index in [1.54, 1.807) is 0 Å². The Morgan fingerprint density at radius 2 is 2.26 bits per heavy atom. The molecule has 0 bridgehead atoms. The summed E-state index contributed by atoms with van der Waals surface area (Å²) in [5.74, 6) is 2.05. The van der Waals surface area contributed by atoms with Gasteiger partial charge in [-0.15, -0.1) is 0 Å². The zero-order valence-electron chi connectivity index (χ0n) is 11.4. The van der Waals surface area contributed by atoms with Crippen molar-refractivity contribution in [1.82, 2.24) is 14.9 Å². The zero-order valence-corrected chi connectivity index (χ0v) is 11.4. The number of fused-ring (bicyclic) bond motifs is 1. The van der Waals surface area contributed by atoms with Crippen LogP contribution < -0.4 is 4.74 Å². The van der Waals surface area contributed by atoms with E-state index in [1.165, 1.54) is 5.56 Å². The number of likely N-dealkylation sites (N-methyl/N-ethyl adjacent to an activating group) is 1. The predicted octanol–water partition coefficient (Wildman–Crippen LogP) is 2.15. The van der Waals surface area contributed by atoms with E-state index in [2.05, 4.69) is 34.0 Å². The molecule has 100 valence electrons. The summed E-state index contributed by atoms with van der Waals surface area (Å²) in [4.78, 5) is 9.83. The van der Waals surface area contributed by atoms with Crippen molar-refractivity contribution in [2.75, 3.05) is 13.6 Å². The Morgan fingerprint density at radius 1 is 1.42 bits per heavy atom. The number of ether oxygens (including phenoxy) is 1. The van der Waals surface area contributed by atoms with Gasteiger partial charge in [-0.25, -0.2) is 4.98 Å². The highest BCUT2D eigenvalue weighted by Gasteiger charge is 2.23. The first-order valence-corrected chi connectivity index (χ1v) is 6.64. The highest BCUT2D eigenvalue weighted by atomic mass is 16.5. The number of hydrogen-bond donors (Lipinski definition) is 1. The standard InChI is InChI=1S/C15H19N3O/c1-11-8-16-15(17-11)10-18(2)9-13-7-12-5-3-4-6-14(12)19-13/h3-6,8,13H,7,9-10H2,1-2H3,(H,16,17). The predicted molar refractivity (Wildman–Crippen MR) is 74.2 cm³/mol. The lowest BCUT2D eigenvalue weighted by atomic mass is 10.1. The maximum Gasteiger partial charge on any atom is 0.123 e. The van der Waals surface area contributed by atoms with E-state index in [4.69, 9.17) is 4.74 Å². The number of aromatic amines is 1. The van der Waals surface area contributed by atoms with Crippen molar-refractivity contribution < 1.29 is 4.74 Å². The topological polar surface area (TPSA) is 41.2 Å². The van der Waals surface area contributed by atoms with Crippen LogP contribution in [0.5, 0.6) is 5.75 Å². The van der Waals surface area contributed by atoms with Crippen LogP contribution >= 0.6 is 0 Å². The Morgan fingerprint density at radius 3 is 3.00 bits per heavy atom. The number of imidazole rings is 1. The van der Waals surface area contributed by atoms with Crippen LogP contribution in [0.15, 0.2) is 30.5 Å². The Balaban J connectivity index is 1.55. The molecule has 0 spiro atoms. The van der Waals surface area contributed by atoms with Crippen LogP contribution in [0.3, 0.4) is 0 Å². The number of hydrogen-bond acceptors (Lipinski definition) is 3. The molecule has 3 rings (SSSR count). The Kier molecular flexibility index (Phi) is 3.25. The minimum absolute atomic E-state index is 0.249. The molecule has 1 atom stereocenters. The fourth-order valence-corrected chi connectivity index (χ4v) is 2.57. The molecule has 2 aromatic rings.